The summed E-state index contributed by atoms with van der Waals surface area (Å²) < 4.78 is 0. The van der Waals surface area contributed by atoms with Crippen molar-refractivity contribution in [3.05, 3.63) is 77.0 Å². The third kappa shape index (κ3) is 3.36. The van der Waals surface area contributed by atoms with Crippen LogP contribution in [0.3, 0.4) is 0 Å². The monoisotopic (exact) mass is 385 g/mol. The van der Waals surface area contributed by atoms with Crippen LogP contribution in [-0.4, -0.2) is 22.1 Å². The van der Waals surface area contributed by atoms with E-state index in [-0.39, 0.29) is 5.54 Å². The molecule has 2 aromatic carbocycles. The van der Waals surface area contributed by atoms with Gasteiger partial charge in [-0.1, -0.05) is 48.5 Å². The smallest absolute Gasteiger partial charge is 0.232 e. The van der Waals surface area contributed by atoms with Gasteiger partial charge in [0, 0.05) is 29.9 Å². The predicted octanol–water partition coefficient (Wildman–Crippen LogP) is 4.21. The lowest BCUT2D eigenvalue weighted by Gasteiger charge is -2.33. The first-order chi connectivity index (χ1) is 14.1. The lowest BCUT2D eigenvalue weighted by atomic mass is 9.99. The second-order valence-electron chi connectivity index (χ2n) is 8.52. The van der Waals surface area contributed by atoms with E-state index in [2.05, 4.69) is 77.9 Å². The van der Waals surface area contributed by atoms with Crippen LogP contribution in [0.2, 0.25) is 0 Å². The van der Waals surface area contributed by atoms with E-state index in [4.69, 9.17) is 9.97 Å². The average molecular weight is 386 g/mol. The number of anilines is 3. The van der Waals surface area contributed by atoms with Crippen molar-refractivity contribution in [2.24, 2.45) is 0 Å². The van der Waals surface area contributed by atoms with Crippen LogP contribution in [0.1, 0.15) is 36.2 Å². The van der Waals surface area contributed by atoms with Gasteiger partial charge < -0.3 is 15.5 Å². The van der Waals surface area contributed by atoms with Gasteiger partial charge in [-0.3, -0.25) is 0 Å². The minimum Gasteiger partial charge on any atom is -0.366 e. The Morgan fingerprint density at radius 2 is 1.83 bits per heavy atom. The molecule has 5 heteroatoms. The molecule has 0 aliphatic carbocycles. The zero-order chi connectivity index (χ0) is 19.8. The van der Waals surface area contributed by atoms with Crippen LogP contribution >= 0.6 is 0 Å². The van der Waals surface area contributed by atoms with Crippen molar-refractivity contribution in [3.63, 3.8) is 0 Å². The molecule has 3 aromatic rings. The molecule has 0 spiro atoms. The van der Waals surface area contributed by atoms with Gasteiger partial charge in [0.2, 0.25) is 5.95 Å². The van der Waals surface area contributed by atoms with Crippen molar-refractivity contribution >= 4 is 17.5 Å². The van der Waals surface area contributed by atoms with Crippen molar-refractivity contribution in [1.82, 2.24) is 15.3 Å². The summed E-state index contributed by atoms with van der Waals surface area (Å²) in [6.45, 7) is 7.06. The zero-order valence-electron chi connectivity index (χ0n) is 17.1. The Bertz CT molecular complexity index is 1030. The van der Waals surface area contributed by atoms with E-state index in [1.807, 2.05) is 6.07 Å². The van der Waals surface area contributed by atoms with Crippen LogP contribution in [0.25, 0.3) is 0 Å². The van der Waals surface area contributed by atoms with Crippen LogP contribution in [0, 0.1) is 0 Å². The van der Waals surface area contributed by atoms with Gasteiger partial charge in [-0.2, -0.15) is 4.98 Å². The lowest BCUT2D eigenvalue weighted by Crippen LogP contribution is -2.39. The van der Waals surface area contributed by atoms with Gasteiger partial charge in [0.15, 0.2) is 0 Å². The van der Waals surface area contributed by atoms with Gasteiger partial charge in [0.25, 0.3) is 0 Å². The molecular weight excluding hydrogens is 358 g/mol. The number of aromatic nitrogens is 2. The maximum absolute atomic E-state index is 5.05. The Morgan fingerprint density at radius 1 is 1.03 bits per heavy atom. The standard InChI is InChI=1S/C24H27N5/c1-24(2)14-18-10-6-7-11-21(18)29(24)23-27-20-16-25-13-12-19(20)22(28-23)26-15-17-8-4-3-5-9-17/h3-11,25H,12-16H2,1-2H3,(H,26,27,28). The summed E-state index contributed by atoms with van der Waals surface area (Å²) in [6, 6.07) is 19.1. The molecule has 2 aliphatic heterocycles. The van der Waals surface area contributed by atoms with E-state index >= 15 is 0 Å². The molecule has 1 aromatic heterocycles. The molecule has 0 saturated carbocycles. The highest BCUT2D eigenvalue weighted by Gasteiger charge is 2.39. The van der Waals surface area contributed by atoms with Crippen LogP contribution < -0.4 is 15.5 Å². The molecule has 0 saturated heterocycles. The summed E-state index contributed by atoms with van der Waals surface area (Å²) in [5.41, 5.74) is 6.12. The van der Waals surface area contributed by atoms with Gasteiger partial charge in [-0.25, -0.2) is 4.98 Å². The number of rotatable bonds is 4. The molecule has 0 unspecified atom stereocenters. The van der Waals surface area contributed by atoms with E-state index in [1.165, 1.54) is 22.4 Å². The topological polar surface area (TPSA) is 53.1 Å². The maximum atomic E-state index is 5.05. The van der Waals surface area contributed by atoms with Crippen molar-refractivity contribution in [3.8, 4) is 0 Å². The minimum absolute atomic E-state index is 0.0588. The van der Waals surface area contributed by atoms with Crippen LogP contribution in [0.15, 0.2) is 54.6 Å². The average Bonchev–Trinajstić information content (AvgIpc) is 3.02. The van der Waals surface area contributed by atoms with Gasteiger partial charge >= 0.3 is 0 Å². The van der Waals surface area contributed by atoms with Crippen molar-refractivity contribution in [2.45, 2.75) is 45.3 Å². The fourth-order valence-corrected chi connectivity index (χ4v) is 4.50. The highest BCUT2D eigenvalue weighted by molar-refractivity contribution is 5.70. The summed E-state index contributed by atoms with van der Waals surface area (Å²) in [4.78, 5) is 12.4. The molecule has 0 fully saturated rings. The van der Waals surface area contributed by atoms with E-state index in [1.54, 1.807) is 0 Å². The third-order valence-corrected chi connectivity index (χ3v) is 5.89. The second kappa shape index (κ2) is 7.16. The third-order valence-electron chi connectivity index (χ3n) is 5.89. The minimum atomic E-state index is -0.0588. The van der Waals surface area contributed by atoms with Crippen molar-refractivity contribution in [1.29, 1.82) is 0 Å². The zero-order valence-corrected chi connectivity index (χ0v) is 17.1. The molecule has 29 heavy (non-hydrogen) atoms. The summed E-state index contributed by atoms with van der Waals surface area (Å²) in [5.74, 6) is 1.76. The Kier molecular flexibility index (Phi) is 4.47. The largest absolute Gasteiger partial charge is 0.366 e. The predicted molar refractivity (Wildman–Crippen MR) is 118 cm³/mol. The number of nitrogens with one attached hydrogen (secondary N) is 2. The molecule has 0 atom stereocenters. The molecule has 148 valence electrons. The van der Waals surface area contributed by atoms with E-state index < -0.39 is 0 Å². The number of fused-ring (bicyclic) bond motifs is 2. The summed E-state index contributed by atoms with van der Waals surface area (Å²) in [5, 5.41) is 7.06. The fourth-order valence-electron chi connectivity index (χ4n) is 4.50. The lowest BCUT2D eigenvalue weighted by molar-refractivity contribution is 0.523. The number of benzene rings is 2. The van der Waals surface area contributed by atoms with Crippen LogP contribution in [-0.2, 0) is 25.9 Å². The molecule has 0 radical (unpaired) electrons. The fraction of sp³-hybridized carbons (Fsp3) is 0.333. The Hall–Kier alpha value is -2.92. The number of nitrogens with zero attached hydrogens (tertiary/aromatic N) is 3. The second-order valence-corrected chi connectivity index (χ2v) is 8.52. The molecule has 2 N–H and O–H groups in total. The van der Waals surface area contributed by atoms with Crippen LogP contribution in [0.5, 0.6) is 0 Å². The summed E-state index contributed by atoms with van der Waals surface area (Å²) >= 11 is 0. The maximum Gasteiger partial charge on any atom is 0.232 e. The SMILES string of the molecule is CC1(C)Cc2ccccc2N1c1nc2c(c(NCc3ccccc3)n1)CCNC2. The molecule has 5 rings (SSSR count). The highest BCUT2D eigenvalue weighted by Crippen LogP contribution is 2.43. The van der Waals surface area contributed by atoms with Crippen LogP contribution in [0.4, 0.5) is 17.5 Å². The van der Waals surface area contributed by atoms with E-state index in [0.717, 1.165) is 49.9 Å². The Morgan fingerprint density at radius 3 is 2.69 bits per heavy atom. The van der Waals surface area contributed by atoms with Gasteiger partial charge in [-0.15, -0.1) is 0 Å². The van der Waals surface area contributed by atoms with E-state index in [9.17, 15) is 0 Å². The Labute approximate surface area is 172 Å². The molecule has 5 nitrogen and oxygen atoms in total. The molecule has 3 heterocycles. The van der Waals surface area contributed by atoms with Gasteiger partial charge in [-0.05, 0) is 50.4 Å². The Balaban J connectivity index is 1.55. The normalized spacial score (nSPS) is 17.0. The first-order valence-corrected chi connectivity index (χ1v) is 10.4. The van der Waals surface area contributed by atoms with Crippen molar-refractivity contribution < 1.29 is 0 Å². The number of para-hydroxylation sites is 1. The molecule has 0 amide bonds. The van der Waals surface area contributed by atoms with Gasteiger partial charge in [0.05, 0.1) is 5.69 Å². The number of hydrogen-bond donors (Lipinski definition) is 2. The molecule has 2 aliphatic rings. The first kappa shape index (κ1) is 18.1. The summed E-state index contributed by atoms with van der Waals surface area (Å²) in [7, 11) is 0. The highest BCUT2D eigenvalue weighted by atomic mass is 15.3. The molecule has 0 bridgehead atoms. The molecular formula is C24H27N5. The number of hydrogen-bond acceptors (Lipinski definition) is 5. The van der Waals surface area contributed by atoms with Gasteiger partial charge in [0.1, 0.15) is 5.82 Å². The quantitative estimate of drug-likeness (QED) is 0.705. The first-order valence-electron chi connectivity index (χ1n) is 10.4. The van der Waals surface area contributed by atoms with Crippen molar-refractivity contribution in [2.75, 3.05) is 16.8 Å². The van der Waals surface area contributed by atoms with E-state index in [0.29, 0.717) is 0 Å². The summed E-state index contributed by atoms with van der Waals surface area (Å²) in [6.07, 6.45) is 1.95.